The molecule has 7 nitrogen and oxygen atoms in total. The van der Waals surface area contributed by atoms with Gasteiger partial charge in [0, 0.05) is 25.4 Å². The average molecular weight is 378 g/mol. The lowest BCUT2D eigenvalue weighted by atomic mass is 9.99. The van der Waals surface area contributed by atoms with E-state index in [1.807, 2.05) is 18.2 Å². The standard InChI is InChI=1S/C17H17F3N6O/c1-25-12-5-3-2-4-11(12)15(24-25)16(27)21-8-14-23-22-13-7-6-10(9-26(13)14)17(18,19)20/h2-5,10H,6-9H2,1H3,(H,21,27)/t10-/m1/s1. The number of hydrogen-bond donors (Lipinski definition) is 1. The molecule has 27 heavy (non-hydrogen) atoms. The number of halogens is 3. The molecule has 0 fully saturated rings. The summed E-state index contributed by atoms with van der Waals surface area (Å²) in [5.74, 6) is -1.00. The van der Waals surface area contributed by atoms with Crippen molar-refractivity contribution in [1.29, 1.82) is 0 Å². The van der Waals surface area contributed by atoms with Crippen LogP contribution in [0.5, 0.6) is 0 Å². The minimum atomic E-state index is -4.25. The Bertz CT molecular complexity index is 1010. The Morgan fingerprint density at radius 2 is 2.07 bits per heavy atom. The van der Waals surface area contributed by atoms with Crippen molar-refractivity contribution in [3.63, 3.8) is 0 Å². The monoisotopic (exact) mass is 378 g/mol. The van der Waals surface area contributed by atoms with Gasteiger partial charge < -0.3 is 9.88 Å². The van der Waals surface area contributed by atoms with E-state index in [4.69, 9.17) is 0 Å². The Kier molecular flexibility index (Phi) is 4.12. The number of hydrogen-bond acceptors (Lipinski definition) is 4. The van der Waals surface area contributed by atoms with Crippen molar-refractivity contribution in [2.45, 2.75) is 32.1 Å². The molecule has 0 spiro atoms. The fourth-order valence-corrected chi connectivity index (χ4v) is 3.41. The SMILES string of the molecule is Cn1nc(C(=O)NCc2nnc3n2C[C@H](C(F)(F)F)CC3)c2ccccc21. The predicted octanol–water partition coefficient (Wildman–Crippen LogP) is 2.22. The summed E-state index contributed by atoms with van der Waals surface area (Å²) in [5, 5.41) is 15.5. The molecule has 1 atom stereocenters. The minimum Gasteiger partial charge on any atom is -0.343 e. The van der Waals surface area contributed by atoms with E-state index in [1.54, 1.807) is 17.8 Å². The van der Waals surface area contributed by atoms with E-state index >= 15 is 0 Å². The second-order valence-electron chi connectivity index (χ2n) is 6.59. The summed E-state index contributed by atoms with van der Waals surface area (Å²) < 4.78 is 42.1. The van der Waals surface area contributed by atoms with Crippen LogP contribution in [0.1, 0.15) is 28.6 Å². The molecule has 10 heteroatoms. The third-order valence-corrected chi connectivity index (χ3v) is 4.87. The first-order chi connectivity index (χ1) is 12.8. The van der Waals surface area contributed by atoms with E-state index in [0.29, 0.717) is 17.0 Å². The van der Waals surface area contributed by atoms with E-state index in [1.165, 1.54) is 4.57 Å². The van der Waals surface area contributed by atoms with Gasteiger partial charge in [-0.1, -0.05) is 18.2 Å². The molecule has 1 aliphatic rings. The fraction of sp³-hybridized carbons (Fsp3) is 0.412. The highest BCUT2D eigenvalue weighted by atomic mass is 19.4. The lowest BCUT2D eigenvalue weighted by molar-refractivity contribution is -0.182. The molecule has 2 aromatic heterocycles. The predicted molar refractivity (Wildman–Crippen MR) is 89.8 cm³/mol. The number of rotatable bonds is 3. The molecular formula is C17H17F3N6O. The molecular weight excluding hydrogens is 361 g/mol. The Morgan fingerprint density at radius 1 is 1.30 bits per heavy atom. The number of amides is 1. The number of alkyl halides is 3. The molecule has 0 saturated carbocycles. The van der Waals surface area contributed by atoms with Gasteiger partial charge in [0.05, 0.1) is 18.0 Å². The maximum absolute atomic E-state index is 13.0. The zero-order valence-electron chi connectivity index (χ0n) is 14.5. The number of benzene rings is 1. The maximum atomic E-state index is 13.0. The Hall–Kier alpha value is -2.91. The third kappa shape index (κ3) is 3.15. The summed E-state index contributed by atoms with van der Waals surface area (Å²) in [6.07, 6.45) is -4.03. The summed E-state index contributed by atoms with van der Waals surface area (Å²) in [5.41, 5.74) is 1.08. The second-order valence-corrected chi connectivity index (χ2v) is 6.59. The summed E-state index contributed by atoms with van der Waals surface area (Å²) in [7, 11) is 1.74. The van der Waals surface area contributed by atoms with Crippen LogP contribution in [0.15, 0.2) is 24.3 Å². The van der Waals surface area contributed by atoms with Crippen molar-refractivity contribution < 1.29 is 18.0 Å². The minimum absolute atomic E-state index is 0.00785. The highest BCUT2D eigenvalue weighted by Crippen LogP contribution is 2.34. The number of para-hydroxylation sites is 1. The van der Waals surface area contributed by atoms with Crippen molar-refractivity contribution in [3.05, 3.63) is 41.6 Å². The molecule has 1 aromatic carbocycles. The van der Waals surface area contributed by atoms with Gasteiger partial charge in [0.15, 0.2) is 11.5 Å². The van der Waals surface area contributed by atoms with Crippen LogP contribution in [-0.4, -0.2) is 36.6 Å². The molecule has 1 N–H and O–H groups in total. The molecule has 0 bridgehead atoms. The van der Waals surface area contributed by atoms with Crippen molar-refractivity contribution in [2.75, 3.05) is 0 Å². The molecule has 0 unspecified atom stereocenters. The van der Waals surface area contributed by atoms with Gasteiger partial charge in [-0.25, -0.2) is 0 Å². The largest absolute Gasteiger partial charge is 0.393 e. The van der Waals surface area contributed by atoms with Crippen LogP contribution in [0, 0.1) is 5.92 Å². The molecule has 1 amide bonds. The van der Waals surface area contributed by atoms with Gasteiger partial charge in [-0.15, -0.1) is 10.2 Å². The maximum Gasteiger partial charge on any atom is 0.393 e. The molecule has 0 aliphatic carbocycles. The van der Waals surface area contributed by atoms with Crippen LogP contribution >= 0.6 is 0 Å². The highest BCUT2D eigenvalue weighted by Gasteiger charge is 2.42. The molecule has 4 rings (SSSR count). The number of aryl methyl sites for hydroxylation is 2. The molecule has 3 heterocycles. The van der Waals surface area contributed by atoms with Crippen LogP contribution in [0.3, 0.4) is 0 Å². The fourth-order valence-electron chi connectivity index (χ4n) is 3.41. The van der Waals surface area contributed by atoms with Crippen LogP contribution in [0.4, 0.5) is 13.2 Å². The van der Waals surface area contributed by atoms with E-state index in [9.17, 15) is 18.0 Å². The van der Waals surface area contributed by atoms with Gasteiger partial charge in [-0.3, -0.25) is 9.48 Å². The normalized spacial score (nSPS) is 17.1. The van der Waals surface area contributed by atoms with E-state index < -0.39 is 18.0 Å². The summed E-state index contributed by atoms with van der Waals surface area (Å²) >= 11 is 0. The third-order valence-electron chi connectivity index (χ3n) is 4.87. The van der Waals surface area contributed by atoms with Crippen molar-refractivity contribution in [2.24, 2.45) is 13.0 Å². The van der Waals surface area contributed by atoms with Gasteiger partial charge in [0.25, 0.3) is 5.91 Å². The molecule has 0 saturated heterocycles. The molecule has 3 aromatic rings. The first kappa shape index (κ1) is 17.5. The highest BCUT2D eigenvalue weighted by molar-refractivity contribution is 6.04. The summed E-state index contributed by atoms with van der Waals surface area (Å²) in [6, 6.07) is 7.31. The van der Waals surface area contributed by atoms with Crippen molar-refractivity contribution in [1.82, 2.24) is 29.9 Å². The van der Waals surface area contributed by atoms with Gasteiger partial charge in [-0.05, 0) is 12.5 Å². The summed E-state index contributed by atoms with van der Waals surface area (Å²) in [4.78, 5) is 12.5. The Labute approximate surface area is 152 Å². The average Bonchev–Trinajstić information content (AvgIpc) is 3.20. The zero-order valence-corrected chi connectivity index (χ0v) is 14.5. The van der Waals surface area contributed by atoms with Crippen molar-refractivity contribution in [3.8, 4) is 0 Å². The quantitative estimate of drug-likeness (QED) is 0.758. The summed E-state index contributed by atoms with van der Waals surface area (Å²) in [6.45, 7) is -0.231. The molecule has 142 valence electrons. The molecule has 0 radical (unpaired) electrons. The number of nitrogens with zero attached hydrogens (tertiary/aromatic N) is 5. The van der Waals surface area contributed by atoms with Crippen LogP contribution in [-0.2, 0) is 26.6 Å². The topological polar surface area (TPSA) is 77.6 Å². The lowest BCUT2D eigenvalue weighted by Crippen LogP contribution is -2.34. The first-order valence-electron chi connectivity index (χ1n) is 8.52. The van der Waals surface area contributed by atoms with E-state index in [0.717, 1.165) is 5.52 Å². The van der Waals surface area contributed by atoms with Gasteiger partial charge >= 0.3 is 6.18 Å². The number of carbonyl (C=O) groups is 1. The molecule has 1 aliphatic heterocycles. The van der Waals surface area contributed by atoms with E-state index in [2.05, 4.69) is 20.6 Å². The Morgan fingerprint density at radius 3 is 2.85 bits per heavy atom. The van der Waals surface area contributed by atoms with Gasteiger partial charge in [0.2, 0.25) is 0 Å². The smallest absolute Gasteiger partial charge is 0.343 e. The lowest BCUT2D eigenvalue weighted by Gasteiger charge is -2.26. The number of aromatic nitrogens is 5. The first-order valence-corrected chi connectivity index (χ1v) is 8.52. The van der Waals surface area contributed by atoms with Crippen LogP contribution < -0.4 is 5.32 Å². The number of fused-ring (bicyclic) bond motifs is 2. The number of nitrogens with one attached hydrogen (secondary N) is 1. The van der Waals surface area contributed by atoms with Crippen LogP contribution in [0.25, 0.3) is 10.9 Å². The van der Waals surface area contributed by atoms with Gasteiger partial charge in [-0.2, -0.15) is 18.3 Å². The van der Waals surface area contributed by atoms with Gasteiger partial charge in [0.1, 0.15) is 5.82 Å². The second kappa shape index (κ2) is 6.36. The Balaban J connectivity index is 1.51. The van der Waals surface area contributed by atoms with E-state index in [-0.39, 0.29) is 31.6 Å². The van der Waals surface area contributed by atoms with Crippen molar-refractivity contribution >= 4 is 16.8 Å². The zero-order chi connectivity index (χ0) is 19.2. The van der Waals surface area contributed by atoms with Crippen LogP contribution in [0.2, 0.25) is 0 Å². The number of carbonyl (C=O) groups excluding carboxylic acids is 1.